The zero-order valence-corrected chi connectivity index (χ0v) is 19.7. The number of hydrogen-bond donors (Lipinski definition) is 0. The van der Waals surface area contributed by atoms with Gasteiger partial charge in [-0.05, 0) is 61.3 Å². The van der Waals surface area contributed by atoms with E-state index >= 15 is 0 Å². The molecule has 1 unspecified atom stereocenters. The van der Waals surface area contributed by atoms with Crippen LogP contribution in [0.5, 0.6) is 5.75 Å². The summed E-state index contributed by atoms with van der Waals surface area (Å²) in [6.45, 7) is 2.82. The molecular weight excluding hydrogens is 441 g/mol. The Morgan fingerprint density at radius 1 is 1.03 bits per heavy atom. The smallest absolute Gasteiger partial charge is 0.261 e. The van der Waals surface area contributed by atoms with E-state index in [1.165, 1.54) is 4.90 Å². The number of halogens is 1. The van der Waals surface area contributed by atoms with E-state index in [4.69, 9.17) is 4.74 Å². The molecular formula is C26H30FNO4S. The number of rotatable bonds is 12. The summed E-state index contributed by atoms with van der Waals surface area (Å²) < 4.78 is 33.0. The van der Waals surface area contributed by atoms with Crippen molar-refractivity contribution >= 4 is 22.6 Å². The number of fused-ring (bicyclic) bond motifs is 1. The molecule has 2 aromatic carbocycles. The molecule has 0 N–H and O–H groups in total. The van der Waals surface area contributed by atoms with Crippen molar-refractivity contribution < 1.29 is 22.9 Å². The maximum absolute atomic E-state index is 14.8. The molecule has 5 nitrogen and oxygen atoms in total. The van der Waals surface area contributed by atoms with Crippen LogP contribution in [0.3, 0.4) is 0 Å². The summed E-state index contributed by atoms with van der Waals surface area (Å²) in [5.41, 5.74) is 1.47. The molecule has 2 aliphatic rings. The van der Waals surface area contributed by atoms with Crippen molar-refractivity contribution in [3.63, 3.8) is 0 Å². The minimum absolute atomic E-state index is 0.173. The largest absolute Gasteiger partial charge is 0.490 e. The SMILES string of the molecule is C[C@H](CS(=O)CCCCCN1C(=O)c2ccccc2C1=O)c1cccc(OCC2CC2)c1F. The van der Waals surface area contributed by atoms with Gasteiger partial charge in [-0.15, -0.1) is 0 Å². The third-order valence-electron chi connectivity index (χ3n) is 6.26. The number of benzene rings is 2. The summed E-state index contributed by atoms with van der Waals surface area (Å²) in [5.74, 6) is 0.752. The molecule has 1 aliphatic carbocycles. The summed E-state index contributed by atoms with van der Waals surface area (Å²) in [6.07, 6.45) is 4.47. The molecule has 0 spiro atoms. The van der Waals surface area contributed by atoms with Crippen LogP contribution in [-0.2, 0) is 10.8 Å². The topological polar surface area (TPSA) is 63.7 Å². The minimum Gasteiger partial charge on any atom is -0.490 e. The first-order valence-electron chi connectivity index (χ1n) is 11.7. The van der Waals surface area contributed by atoms with Crippen molar-refractivity contribution in [3.05, 3.63) is 65.0 Å². The zero-order chi connectivity index (χ0) is 23.4. The van der Waals surface area contributed by atoms with Crippen LogP contribution in [-0.4, -0.2) is 45.6 Å². The Labute approximate surface area is 196 Å². The summed E-state index contributed by atoms with van der Waals surface area (Å²) in [6, 6.07) is 12.1. The van der Waals surface area contributed by atoms with Crippen LogP contribution >= 0.6 is 0 Å². The zero-order valence-electron chi connectivity index (χ0n) is 18.9. The standard InChI is InChI=1S/C26H30FNO4S/c1-18(20-10-7-11-23(24(20)27)32-16-19-12-13-19)17-33(31)15-6-2-5-14-28-25(29)21-8-3-4-9-22(21)26(28)30/h3-4,7-11,18-19H,2,5-6,12-17H2,1H3/t18-,33?/m1/s1. The Morgan fingerprint density at radius 3 is 2.39 bits per heavy atom. The van der Waals surface area contributed by atoms with Gasteiger partial charge < -0.3 is 4.74 Å². The van der Waals surface area contributed by atoms with E-state index in [0.717, 1.165) is 25.7 Å². The van der Waals surface area contributed by atoms with Gasteiger partial charge >= 0.3 is 0 Å². The van der Waals surface area contributed by atoms with Gasteiger partial charge in [-0.2, -0.15) is 0 Å². The van der Waals surface area contributed by atoms with E-state index in [2.05, 4.69) is 0 Å². The Hall–Kier alpha value is -2.54. The fourth-order valence-electron chi connectivity index (χ4n) is 4.12. The predicted molar refractivity (Wildman–Crippen MR) is 127 cm³/mol. The minimum atomic E-state index is -1.07. The molecule has 0 bridgehead atoms. The summed E-state index contributed by atoms with van der Waals surface area (Å²) in [7, 11) is -1.07. The summed E-state index contributed by atoms with van der Waals surface area (Å²) in [4.78, 5) is 26.1. The molecule has 2 atom stereocenters. The van der Waals surface area contributed by atoms with Gasteiger partial charge in [0.05, 0.1) is 17.7 Å². The van der Waals surface area contributed by atoms with E-state index in [9.17, 15) is 18.2 Å². The van der Waals surface area contributed by atoms with Gasteiger partial charge in [0.15, 0.2) is 11.6 Å². The molecule has 2 aromatic rings. The maximum atomic E-state index is 14.8. The van der Waals surface area contributed by atoms with Gasteiger partial charge in [0.1, 0.15) is 0 Å². The van der Waals surface area contributed by atoms with Gasteiger partial charge in [-0.3, -0.25) is 18.7 Å². The van der Waals surface area contributed by atoms with Crippen LogP contribution in [0.1, 0.15) is 71.2 Å². The monoisotopic (exact) mass is 471 g/mol. The van der Waals surface area contributed by atoms with Crippen molar-refractivity contribution in [2.75, 3.05) is 24.7 Å². The molecule has 1 heterocycles. The van der Waals surface area contributed by atoms with Crippen LogP contribution in [0.15, 0.2) is 42.5 Å². The quantitative estimate of drug-likeness (QED) is 0.325. The molecule has 176 valence electrons. The molecule has 1 aliphatic heterocycles. The van der Waals surface area contributed by atoms with E-state index < -0.39 is 10.8 Å². The molecule has 2 amide bonds. The van der Waals surface area contributed by atoms with Crippen LogP contribution < -0.4 is 4.74 Å². The Kier molecular flexibility index (Phi) is 7.58. The van der Waals surface area contributed by atoms with Crippen molar-refractivity contribution in [1.82, 2.24) is 4.90 Å². The van der Waals surface area contributed by atoms with Gasteiger partial charge in [0.25, 0.3) is 11.8 Å². The highest BCUT2D eigenvalue weighted by molar-refractivity contribution is 7.85. The average Bonchev–Trinajstić information content (AvgIpc) is 3.60. The second kappa shape index (κ2) is 10.6. The Bertz CT molecular complexity index is 1020. The molecule has 7 heteroatoms. The maximum Gasteiger partial charge on any atom is 0.261 e. The third kappa shape index (κ3) is 5.69. The van der Waals surface area contributed by atoms with Crippen LogP contribution in [0.25, 0.3) is 0 Å². The van der Waals surface area contributed by atoms with Gasteiger partial charge in [-0.1, -0.05) is 37.6 Å². The van der Waals surface area contributed by atoms with E-state index in [-0.39, 0.29) is 29.3 Å². The molecule has 1 saturated carbocycles. The molecule has 1 fully saturated rings. The fraction of sp³-hybridized carbons (Fsp3) is 0.462. The van der Waals surface area contributed by atoms with Crippen molar-refractivity contribution in [2.45, 2.75) is 44.9 Å². The fourth-order valence-corrected chi connectivity index (χ4v) is 5.55. The molecule has 0 saturated heterocycles. The second-order valence-corrected chi connectivity index (χ2v) is 10.6. The molecule has 33 heavy (non-hydrogen) atoms. The van der Waals surface area contributed by atoms with Crippen LogP contribution in [0.2, 0.25) is 0 Å². The van der Waals surface area contributed by atoms with E-state index in [1.54, 1.807) is 42.5 Å². The molecule has 4 rings (SSSR count). The Morgan fingerprint density at radius 2 is 1.73 bits per heavy atom. The summed E-state index contributed by atoms with van der Waals surface area (Å²) >= 11 is 0. The molecule has 0 radical (unpaired) electrons. The van der Waals surface area contributed by atoms with Gasteiger partial charge in [-0.25, -0.2) is 4.39 Å². The van der Waals surface area contributed by atoms with Crippen molar-refractivity contribution in [2.24, 2.45) is 5.92 Å². The highest BCUT2D eigenvalue weighted by atomic mass is 32.2. The number of nitrogens with zero attached hydrogens (tertiary/aromatic N) is 1. The number of ether oxygens (including phenoxy) is 1. The van der Waals surface area contributed by atoms with E-state index in [1.807, 2.05) is 6.92 Å². The van der Waals surface area contributed by atoms with Crippen molar-refractivity contribution in [1.29, 1.82) is 0 Å². The highest BCUT2D eigenvalue weighted by Gasteiger charge is 2.34. The number of imide groups is 1. The predicted octanol–water partition coefficient (Wildman–Crippen LogP) is 4.93. The number of carbonyl (C=O) groups excluding carboxylic acids is 2. The first-order chi connectivity index (χ1) is 16.0. The lowest BCUT2D eigenvalue weighted by Crippen LogP contribution is -2.30. The number of carbonyl (C=O) groups is 2. The van der Waals surface area contributed by atoms with Crippen molar-refractivity contribution in [3.8, 4) is 5.75 Å². The third-order valence-corrected chi connectivity index (χ3v) is 7.88. The normalized spacial score (nSPS) is 17.2. The average molecular weight is 472 g/mol. The van der Waals surface area contributed by atoms with Crippen LogP contribution in [0, 0.1) is 11.7 Å². The lowest BCUT2D eigenvalue weighted by atomic mass is 10.0. The van der Waals surface area contributed by atoms with Gasteiger partial charge in [0, 0.05) is 28.9 Å². The first-order valence-corrected chi connectivity index (χ1v) is 13.2. The lowest BCUT2D eigenvalue weighted by Gasteiger charge is -2.16. The van der Waals surface area contributed by atoms with E-state index in [0.29, 0.717) is 53.7 Å². The number of hydrogen-bond acceptors (Lipinski definition) is 4. The second-order valence-electron chi connectivity index (χ2n) is 8.99. The number of amides is 2. The van der Waals surface area contributed by atoms with Gasteiger partial charge in [0.2, 0.25) is 0 Å². The first kappa shape index (κ1) is 23.6. The molecule has 0 aromatic heterocycles. The highest BCUT2D eigenvalue weighted by Crippen LogP contribution is 2.32. The van der Waals surface area contributed by atoms with Crippen LogP contribution in [0.4, 0.5) is 4.39 Å². The Balaban J connectivity index is 1.18. The number of unbranched alkanes of at least 4 members (excludes halogenated alkanes) is 2. The lowest BCUT2D eigenvalue weighted by molar-refractivity contribution is 0.0651. The summed E-state index contributed by atoms with van der Waals surface area (Å²) in [5, 5.41) is 0.